The summed E-state index contributed by atoms with van der Waals surface area (Å²) in [5.74, 6) is -0.576. The van der Waals surface area contributed by atoms with Gasteiger partial charge in [-0.1, -0.05) is 25.1 Å². The van der Waals surface area contributed by atoms with Gasteiger partial charge in [-0.3, -0.25) is 4.79 Å². The molecule has 1 N–H and O–H groups in total. The first-order valence-electron chi connectivity index (χ1n) is 8.51. The highest BCUT2D eigenvalue weighted by atomic mass is 32.1. The van der Waals surface area contributed by atoms with Crippen molar-refractivity contribution in [3.05, 3.63) is 52.5 Å². The molecule has 26 heavy (non-hydrogen) atoms. The Hall–Kier alpha value is -2.60. The molecule has 0 saturated carbocycles. The second kappa shape index (κ2) is 7.33. The maximum atomic E-state index is 13.1. The van der Waals surface area contributed by atoms with Crippen LogP contribution in [0.25, 0.3) is 10.2 Å². The van der Waals surface area contributed by atoms with Crippen LogP contribution in [0.1, 0.15) is 41.0 Å². The Morgan fingerprint density at radius 3 is 2.54 bits per heavy atom. The number of carbonyl (C=O) groups excluding carboxylic acids is 2. The van der Waals surface area contributed by atoms with Gasteiger partial charge in [0.2, 0.25) is 5.91 Å². The normalized spacial score (nSPS) is 12.2. The molecule has 0 saturated heterocycles. The number of benzene rings is 1. The zero-order chi connectivity index (χ0) is 18.8. The summed E-state index contributed by atoms with van der Waals surface area (Å²) in [5.41, 5.74) is 3.24. The molecule has 2 aromatic heterocycles. The van der Waals surface area contributed by atoms with Crippen molar-refractivity contribution < 1.29 is 14.3 Å². The summed E-state index contributed by atoms with van der Waals surface area (Å²) in [7, 11) is 1.35. The number of nitrogens with one attached hydrogen (secondary N) is 1. The Balaban J connectivity index is 2.03. The lowest BCUT2D eigenvalue weighted by molar-refractivity contribution is -0.119. The number of methoxy groups -OCH3 is 1. The van der Waals surface area contributed by atoms with E-state index in [0.717, 1.165) is 27.0 Å². The summed E-state index contributed by atoms with van der Waals surface area (Å²) in [6.45, 7) is 5.88. The van der Waals surface area contributed by atoms with Crippen LogP contribution < -0.4 is 5.32 Å². The molecule has 0 radical (unpaired) electrons. The van der Waals surface area contributed by atoms with Gasteiger partial charge >= 0.3 is 5.97 Å². The topological polar surface area (TPSA) is 60.3 Å². The Kier molecular flexibility index (Phi) is 5.13. The number of fused-ring (bicyclic) bond motifs is 1. The number of rotatable bonds is 5. The minimum Gasteiger partial charge on any atom is -0.464 e. The van der Waals surface area contributed by atoms with Gasteiger partial charge in [-0.15, -0.1) is 11.3 Å². The molecule has 0 aliphatic heterocycles. The molecule has 1 aromatic carbocycles. The van der Waals surface area contributed by atoms with Crippen molar-refractivity contribution in [2.75, 3.05) is 12.4 Å². The molecule has 3 aromatic rings. The summed E-state index contributed by atoms with van der Waals surface area (Å²) in [6.07, 6.45) is 0.558. The van der Waals surface area contributed by atoms with Crippen LogP contribution in [0, 0.1) is 13.8 Å². The van der Waals surface area contributed by atoms with Crippen LogP contribution in [-0.4, -0.2) is 23.6 Å². The van der Waals surface area contributed by atoms with Crippen molar-refractivity contribution in [3.8, 4) is 0 Å². The van der Waals surface area contributed by atoms with Gasteiger partial charge in [0, 0.05) is 11.1 Å². The third-order valence-electron chi connectivity index (χ3n) is 4.57. The second-order valence-electron chi connectivity index (χ2n) is 6.25. The van der Waals surface area contributed by atoms with Gasteiger partial charge in [-0.2, -0.15) is 0 Å². The molecular weight excluding hydrogens is 348 g/mol. The van der Waals surface area contributed by atoms with E-state index < -0.39 is 12.0 Å². The van der Waals surface area contributed by atoms with Gasteiger partial charge in [-0.25, -0.2) is 4.79 Å². The van der Waals surface area contributed by atoms with E-state index in [1.165, 1.54) is 18.4 Å². The lowest BCUT2D eigenvalue weighted by Crippen LogP contribution is -2.28. The molecule has 0 bridgehead atoms. The molecule has 2 heterocycles. The van der Waals surface area contributed by atoms with Crippen LogP contribution in [0.5, 0.6) is 0 Å². The molecule has 136 valence electrons. The van der Waals surface area contributed by atoms with E-state index >= 15 is 0 Å². The molecule has 0 aliphatic rings. The standard InChI is InChI=1S/C20H22N2O3S/c1-5-15(18(23)21-17-12(2)7-6-8-13(17)3)22-16(20(24)25-4)11-14-9-10-26-19(14)22/h6-11,15H,5H2,1-4H3,(H,21,23)/t15-/m0/s1. The fourth-order valence-corrected chi connectivity index (χ4v) is 4.16. The minimum atomic E-state index is -0.501. The first kappa shape index (κ1) is 18.2. The third-order valence-corrected chi connectivity index (χ3v) is 5.50. The first-order chi connectivity index (χ1) is 12.5. The summed E-state index contributed by atoms with van der Waals surface area (Å²) in [4.78, 5) is 26.2. The minimum absolute atomic E-state index is 0.138. The highest BCUT2D eigenvalue weighted by Gasteiger charge is 2.27. The van der Waals surface area contributed by atoms with Gasteiger partial charge in [0.05, 0.1) is 7.11 Å². The second-order valence-corrected chi connectivity index (χ2v) is 7.15. The quantitative estimate of drug-likeness (QED) is 0.663. The molecule has 5 nitrogen and oxygen atoms in total. The Labute approximate surface area is 156 Å². The summed E-state index contributed by atoms with van der Waals surface area (Å²) >= 11 is 1.51. The number of anilines is 1. The van der Waals surface area contributed by atoms with E-state index in [1.54, 1.807) is 10.6 Å². The molecule has 0 aliphatic carbocycles. The number of amides is 1. The number of hydrogen-bond donors (Lipinski definition) is 1. The van der Waals surface area contributed by atoms with Crippen LogP contribution in [0.4, 0.5) is 5.69 Å². The Morgan fingerprint density at radius 1 is 1.23 bits per heavy atom. The average Bonchev–Trinajstić information content (AvgIpc) is 3.20. The van der Waals surface area contributed by atoms with Crippen LogP contribution in [0.3, 0.4) is 0 Å². The number of para-hydroxylation sites is 1. The SMILES string of the molecule is CC[C@@H](C(=O)Nc1c(C)cccc1C)n1c(C(=O)OC)cc2ccsc21. The highest BCUT2D eigenvalue weighted by molar-refractivity contribution is 7.16. The fourth-order valence-electron chi connectivity index (χ4n) is 3.22. The number of ether oxygens (including phenoxy) is 1. The van der Waals surface area contributed by atoms with Gasteiger partial charge in [0.15, 0.2) is 0 Å². The van der Waals surface area contributed by atoms with E-state index in [4.69, 9.17) is 4.74 Å². The lowest BCUT2D eigenvalue weighted by atomic mass is 10.1. The van der Waals surface area contributed by atoms with Crippen LogP contribution in [0.2, 0.25) is 0 Å². The number of nitrogens with zero attached hydrogens (tertiary/aromatic N) is 1. The number of aryl methyl sites for hydroxylation is 2. The average molecular weight is 370 g/mol. The number of esters is 1. The van der Waals surface area contributed by atoms with Crippen LogP contribution >= 0.6 is 11.3 Å². The van der Waals surface area contributed by atoms with E-state index in [-0.39, 0.29) is 5.91 Å². The number of hydrogen-bond acceptors (Lipinski definition) is 4. The summed E-state index contributed by atoms with van der Waals surface area (Å²) in [6, 6.07) is 9.13. The van der Waals surface area contributed by atoms with E-state index in [1.807, 2.05) is 50.4 Å². The Bertz CT molecular complexity index is 951. The Morgan fingerprint density at radius 2 is 1.92 bits per heavy atom. The van der Waals surface area contributed by atoms with E-state index in [2.05, 4.69) is 5.32 Å². The van der Waals surface area contributed by atoms with Crippen molar-refractivity contribution in [3.63, 3.8) is 0 Å². The van der Waals surface area contributed by atoms with Gasteiger partial charge < -0.3 is 14.6 Å². The van der Waals surface area contributed by atoms with Crippen molar-refractivity contribution in [2.24, 2.45) is 0 Å². The first-order valence-corrected chi connectivity index (χ1v) is 9.39. The summed E-state index contributed by atoms with van der Waals surface area (Å²) in [5, 5.41) is 5.95. The fraction of sp³-hybridized carbons (Fsp3) is 0.300. The van der Waals surface area contributed by atoms with Gasteiger partial charge in [0.1, 0.15) is 16.6 Å². The number of carbonyl (C=O) groups is 2. The monoisotopic (exact) mass is 370 g/mol. The molecule has 1 atom stereocenters. The van der Waals surface area contributed by atoms with Crippen molar-refractivity contribution in [2.45, 2.75) is 33.2 Å². The highest BCUT2D eigenvalue weighted by Crippen LogP contribution is 2.31. The zero-order valence-corrected chi connectivity index (χ0v) is 16.1. The van der Waals surface area contributed by atoms with E-state index in [0.29, 0.717) is 12.1 Å². The molecular formula is C20H22N2O3S. The molecule has 1 amide bonds. The molecule has 3 rings (SSSR count). The third kappa shape index (κ3) is 3.12. The zero-order valence-electron chi connectivity index (χ0n) is 15.3. The molecule has 0 unspecified atom stereocenters. The van der Waals surface area contributed by atoms with Gasteiger partial charge in [0.25, 0.3) is 0 Å². The smallest absolute Gasteiger partial charge is 0.354 e. The maximum Gasteiger partial charge on any atom is 0.354 e. The molecule has 0 spiro atoms. The van der Waals surface area contributed by atoms with Crippen molar-refractivity contribution >= 4 is 39.1 Å². The molecule has 6 heteroatoms. The lowest BCUT2D eigenvalue weighted by Gasteiger charge is -2.21. The number of aromatic nitrogens is 1. The predicted molar refractivity (Wildman–Crippen MR) is 105 cm³/mol. The van der Waals surface area contributed by atoms with Crippen molar-refractivity contribution in [1.82, 2.24) is 4.57 Å². The van der Waals surface area contributed by atoms with E-state index in [9.17, 15) is 9.59 Å². The number of thiophene rings is 1. The van der Waals surface area contributed by atoms with Gasteiger partial charge in [-0.05, 0) is 48.9 Å². The van der Waals surface area contributed by atoms with Crippen molar-refractivity contribution in [1.29, 1.82) is 0 Å². The largest absolute Gasteiger partial charge is 0.464 e. The predicted octanol–water partition coefficient (Wildman–Crippen LogP) is 4.70. The van der Waals surface area contributed by atoms with Crippen LogP contribution in [0.15, 0.2) is 35.7 Å². The maximum absolute atomic E-state index is 13.1. The molecule has 0 fully saturated rings. The van der Waals surface area contributed by atoms with Crippen LogP contribution in [-0.2, 0) is 9.53 Å². The summed E-state index contributed by atoms with van der Waals surface area (Å²) < 4.78 is 6.72.